The summed E-state index contributed by atoms with van der Waals surface area (Å²) in [5, 5.41) is 26.0. The van der Waals surface area contributed by atoms with Crippen LogP contribution in [0.3, 0.4) is 0 Å². The molecule has 0 spiro atoms. The standard InChI is InChI=1S/C46H50ClN5O4/c1-30-14-17-52(18-15-30)16-5-19-54-42-9-4-6-37(31(42)2)38-7-3-8-40-39(38)11-12-43(40)56-45-24-44(55-29-34-21-32(25-48)20-33(22-34)26-49)35(23-41(45)47)27-50-36-10-13-46(53)51-28-36/h3-4,6-9,20-24,30,36,43,50H,5,10-19,27-29H2,1-2H3,(H,51,53)/t36-,43-/m0/s1. The molecule has 56 heavy (non-hydrogen) atoms. The van der Waals surface area contributed by atoms with Gasteiger partial charge in [0.1, 0.15) is 30.0 Å². The predicted octanol–water partition coefficient (Wildman–Crippen LogP) is 8.57. The summed E-state index contributed by atoms with van der Waals surface area (Å²) in [5.74, 6) is 2.94. The summed E-state index contributed by atoms with van der Waals surface area (Å²) >= 11 is 6.96. The van der Waals surface area contributed by atoms with E-state index in [0.29, 0.717) is 59.3 Å². The van der Waals surface area contributed by atoms with Crippen molar-refractivity contribution >= 4 is 17.5 Å². The molecular formula is C46H50ClN5O4. The van der Waals surface area contributed by atoms with Crippen molar-refractivity contribution in [3.05, 3.63) is 111 Å². The van der Waals surface area contributed by atoms with Crippen LogP contribution in [0.1, 0.15) is 90.5 Å². The Morgan fingerprint density at radius 3 is 2.41 bits per heavy atom. The van der Waals surface area contributed by atoms with Gasteiger partial charge in [-0.15, -0.1) is 0 Å². The molecule has 2 aliphatic heterocycles. The lowest BCUT2D eigenvalue weighted by atomic mass is 9.93. The summed E-state index contributed by atoms with van der Waals surface area (Å²) in [7, 11) is 0. The fourth-order valence-electron chi connectivity index (χ4n) is 8.13. The number of rotatable bonds is 14. The van der Waals surface area contributed by atoms with Gasteiger partial charge in [0.15, 0.2) is 0 Å². The average molecular weight is 772 g/mol. The van der Waals surface area contributed by atoms with E-state index in [1.807, 2.05) is 12.1 Å². The van der Waals surface area contributed by atoms with Crippen molar-refractivity contribution < 1.29 is 19.0 Å². The minimum absolute atomic E-state index is 0.0647. The molecule has 0 bridgehead atoms. The van der Waals surface area contributed by atoms with Crippen LogP contribution in [0.15, 0.2) is 66.7 Å². The van der Waals surface area contributed by atoms with E-state index in [0.717, 1.165) is 60.6 Å². The highest BCUT2D eigenvalue weighted by Crippen LogP contribution is 2.44. The normalized spacial score (nSPS) is 18.4. The lowest BCUT2D eigenvalue weighted by Crippen LogP contribution is -2.45. The first-order chi connectivity index (χ1) is 27.3. The van der Waals surface area contributed by atoms with Crippen molar-refractivity contribution in [2.24, 2.45) is 5.92 Å². The molecule has 9 nitrogen and oxygen atoms in total. The molecular weight excluding hydrogens is 722 g/mol. The van der Waals surface area contributed by atoms with Gasteiger partial charge >= 0.3 is 0 Å². The number of carbonyl (C=O) groups excluding carboxylic acids is 1. The average Bonchev–Trinajstić information content (AvgIpc) is 3.63. The molecule has 0 unspecified atom stereocenters. The van der Waals surface area contributed by atoms with Crippen LogP contribution in [-0.2, 0) is 24.4 Å². The van der Waals surface area contributed by atoms with E-state index in [-0.39, 0.29) is 24.7 Å². The van der Waals surface area contributed by atoms with Crippen molar-refractivity contribution in [2.75, 3.05) is 32.8 Å². The third-order valence-electron chi connectivity index (χ3n) is 11.4. The lowest BCUT2D eigenvalue weighted by molar-refractivity contribution is -0.122. The summed E-state index contributed by atoms with van der Waals surface area (Å²) < 4.78 is 19.5. The molecule has 2 N–H and O–H groups in total. The number of hydrogen-bond acceptors (Lipinski definition) is 8. The van der Waals surface area contributed by atoms with E-state index in [1.54, 1.807) is 18.2 Å². The molecule has 2 saturated heterocycles. The second-order valence-electron chi connectivity index (χ2n) is 15.4. The van der Waals surface area contributed by atoms with Crippen molar-refractivity contribution in [1.29, 1.82) is 10.5 Å². The minimum atomic E-state index is -0.201. The monoisotopic (exact) mass is 771 g/mol. The zero-order valence-electron chi connectivity index (χ0n) is 32.3. The van der Waals surface area contributed by atoms with Crippen LogP contribution < -0.4 is 24.8 Å². The largest absolute Gasteiger partial charge is 0.493 e. The van der Waals surface area contributed by atoms with Crippen LogP contribution in [0, 0.1) is 35.5 Å². The number of nitriles is 2. The molecule has 1 amide bonds. The molecule has 2 atom stereocenters. The molecule has 0 radical (unpaired) electrons. The molecule has 2 heterocycles. The maximum atomic E-state index is 11.7. The number of carbonyl (C=O) groups is 1. The topological polar surface area (TPSA) is 120 Å². The third-order valence-corrected chi connectivity index (χ3v) is 11.7. The number of ether oxygens (including phenoxy) is 3. The van der Waals surface area contributed by atoms with Gasteiger partial charge in [-0.25, -0.2) is 0 Å². The Morgan fingerprint density at radius 2 is 1.66 bits per heavy atom. The summed E-state index contributed by atoms with van der Waals surface area (Å²) in [6.45, 7) is 9.83. The summed E-state index contributed by atoms with van der Waals surface area (Å²) in [4.78, 5) is 14.3. The zero-order valence-corrected chi connectivity index (χ0v) is 33.1. The van der Waals surface area contributed by atoms with Crippen LogP contribution in [-0.4, -0.2) is 49.6 Å². The Labute approximate surface area is 335 Å². The number of halogens is 1. The summed E-state index contributed by atoms with van der Waals surface area (Å²) in [6.07, 6.45) is 6.29. The van der Waals surface area contributed by atoms with Crippen molar-refractivity contribution in [2.45, 2.75) is 84.1 Å². The van der Waals surface area contributed by atoms with Crippen molar-refractivity contribution in [3.8, 4) is 40.5 Å². The Balaban J connectivity index is 1.07. The smallest absolute Gasteiger partial charge is 0.220 e. The van der Waals surface area contributed by atoms with Gasteiger partial charge < -0.3 is 29.7 Å². The first kappa shape index (κ1) is 39.2. The number of amides is 1. The molecule has 10 heteroatoms. The molecule has 3 aliphatic rings. The molecule has 0 aromatic heterocycles. The van der Waals surface area contributed by atoms with Crippen LogP contribution in [0.2, 0.25) is 5.02 Å². The highest BCUT2D eigenvalue weighted by molar-refractivity contribution is 6.32. The van der Waals surface area contributed by atoms with E-state index < -0.39 is 0 Å². The number of benzene rings is 4. The van der Waals surface area contributed by atoms with Gasteiger partial charge in [-0.05, 0) is 128 Å². The Morgan fingerprint density at radius 1 is 0.893 bits per heavy atom. The van der Waals surface area contributed by atoms with Crippen molar-refractivity contribution in [1.82, 2.24) is 15.5 Å². The third kappa shape index (κ3) is 9.48. The Hall–Kier alpha value is -5.06. The maximum absolute atomic E-state index is 11.7. The summed E-state index contributed by atoms with van der Waals surface area (Å²) in [5.41, 5.74) is 8.28. The van der Waals surface area contributed by atoms with Gasteiger partial charge in [0.05, 0.1) is 34.9 Å². The quantitative estimate of drug-likeness (QED) is 0.122. The molecule has 7 rings (SSSR count). The minimum Gasteiger partial charge on any atom is -0.493 e. The first-order valence-corrected chi connectivity index (χ1v) is 20.3. The fourth-order valence-corrected chi connectivity index (χ4v) is 8.36. The second-order valence-corrected chi connectivity index (χ2v) is 15.8. The SMILES string of the molecule is Cc1c(OCCCN2CCC(C)CC2)cccc1-c1cccc2c1CC[C@@H]2Oc1cc(OCc2cc(C#N)cc(C#N)c2)c(CN[C@H]2CCC(=O)NC2)cc1Cl. The number of likely N-dealkylation sites (tertiary alicyclic amines) is 1. The van der Waals surface area contributed by atoms with Crippen LogP contribution in [0.4, 0.5) is 0 Å². The molecule has 4 aromatic carbocycles. The first-order valence-electron chi connectivity index (χ1n) is 19.9. The van der Waals surface area contributed by atoms with E-state index in [4.69, 9.17) is 25.8 Å². The summed E-state index contributed by atoms with van der Waals surface area (Å²) in [6, 6.07) is 25.9. The molecule has 0 saturated carbocycles. The van der Waals surface area contributed by atoms with Crippen LogP contribution in [0.25, 0.3) is 11.1 Å². The zero-order chi connectivity index (χ0) is 39.0. The Bertz CT molecular complexity index is 2090. The highest BCUT2D eigenvalue weighted by atomic mass is 35.5. The van der Waals surface area contributed by atoms with E-state index in [9.17, 15) is 15.3 Å². The van der Waals surface area contributed by atoms with Crippen molar-refractivity contribution in [3.63, 3.8) is 0 Å². The van der Waals surface area contributed by atoms with E-state index in [1.165, 1.54) is 42.6 Å². The predicted molar refractivity (Wildman–Crippen MR) is 218 cm³/mol. The molecule has 2 fully saturated rings. The lowest BCUT2D eigenvalue weighted by Gasteiger charge is -2.30. The van der Waals surface area contributed by atoms with Gasteiger partial charge in [0, 0.05) is 43.7 Å². The highest BCUT2D eigenvalue weighted by Gasteiger charge is 2.29. The van der Waals surface area contributed by atoms with Gasteiger partial charge in [0.2, 0.25) is 5.91 Å². The number of nitrogens with zero attached hydrogens (tertiary/aromatic N) is 3. The van der Waals surface area contributed by atoms with Gasteiger partial charge in [-0.3, -0.25) is 4.79 Å². The Kier molecular flexibility index (Phi) is 12.8. The fraction of sp³-hybridized carbons (Fsp3) is 0.413. The maximum Gasteiger partial charge on any atom is 0.220 e. The van der Waals surface area contributed by atoms with Gasteiger partial charge in [0.25, 0.3) is 0 Å². The number of fused-ring (bicyclic) bond motifs is 1. The van der Waals surface area contributed by atoms with Crippen LogP contribution in [0.5, 0.6) is 17.2 Å². The van der Waals surface area contributed by atoms with E-state index >= 15 is 0 Å². The van der Waals surface area contributed by atoms with Gasteiger partial charge in [-0.1, -0.05) is 48.9 Å². The number of piperidine rings is 2. The molecule has 290 valence electrons. The van der Waals surface area contributed by atoms with E-state index in [2.05, 4.69) is 77.9 Å². The number of hydrogen-bond donors (Lipinski definition) is 2. The molecule has 1 aliphatic carbocycles. The van der Waals surface area contributed by atoms with Crippen LogP contribution >= 0.6 is 11.6 Å². The van der Waals surface area contributed by atoms with Gasteiger partial charge in [-0.2, -0.15) is 10.5 Å². The number of nitrogens with one attached hydrogen (secondary N) is 2. The molecule has 4 aromatic rings. The second kappa shape index (κ2) is 18.3.